The molecule has 3 nitrogen and oxygen atoms in total. The monoisotopic (exact) mass is 275 g/mol. The number of rotatable bonds is 6. The van der Waals surface area contributed by atoms with Crippen molar-refractivity contribution in [1.29, 1.82) is 0 Å². The van der Waals surface area contributed by atoms with E-state index in [1.54, 1.807) is 0 Å². The summed E-state index contributed by atoms with van der Waals surface area (Å²) in [6, 6.07) is 8.46. The Balaban J connectivity index is 2.37. The first-order chi connectivity index (χ1) is 9.56. The third-order valence-electron chi connectivity index (χ3n) is 3.65. The van der Waals surface area contributed by atoms with E-state index in [2.05, 4.69) is 44.3 Å². The summed E-state index contributed by atoms with van der Waals surface area (Å²) in [5.74, 6) is 1.36. The molecule has 1 heterocycles. The number of ether oxygens (including phenoxy) is 1. The maximum atomic E-state index is 6.01. The van der Waals surface area contributed by atoms with Gasteiger partial charge in [0.25, 0.3) is 0 Å². The summed E-state index contributed by atoms with van der Waals surface area (Å²) in [4.78, 5) is 0. The Hall–Kier alpha value is -1.32. The zero-order valence-corrected chi connectivity index (χ0v) is 13.1. The quantitative estimate of drug-likeness (QED) is 0.863. The summed E-state index contributed by atoms with van der Waals surface area (Å²) >= 11 is 0. The van der Waals surface area contributed by atoms with Crippen LogP contribution in [0.5, 0.6) is 0 Å². The van der Waals surface area contributed by atoms with Gasteiger partial charge in [-0.1, -0.05) is 25.5 Å². The lowest BCUT2D eigenvalue weighted by Gasteiger charge is -2.28. The van der Waals surface area contributed by atoms with E-state index in [-0.39, 0.29) is 12.1 Å². The van der Waals surface area contributed by atoms with Crippen LogP contribution in [0, 0.1) is 12.8 Å². The zero-order chi connectivity index (χ0) is 14.7. The van der Waals surface area contributed by atoms with Crippen LogP contribution >= 0.6 is 0 Å². The van der Waals surface area contributed by atoms with Crippen LogP contribution in [0.25, 0.3) is 11.0 Å². The van der Waals surface area contributed by atoms with Crippen LogP contribution in [0.1, 0.15) is 38.1 Å². The molecule has 20 heavy (non-hydrogen) atoms. The second kappa shape index (κ2) is 6.42. The molecule has 110 valence electrons. The van der Waals surface area contributed by atoms with Crippen molar-refractivity contribution in [2.75, 3.05) is 13.7 Å². The minimum Gasteiger partial charge on any atom is -0.459 e. The van der Waals surface area contributed by atoms with Crippen LogP contribution in [-0.2, 0) is 4.74 Å². The molecule has 1 aromatic carbocycles. The number of furan rings is 1. The van der Waals surface area contributed by atoms with Crippen molar-refractivity contribution in [2.24, 2.45) is 5.92 Å². The first-order valence-corrected chi connectivity index (χ1v) is 7.35. The lowest BCUT2D eigenvalue weighted by Crippen LogP contribution is -2.35. The van der Waals surface area contributed by atoms with E-state index in [4.69, 9.17) is 9.15 Å². The van der Waals surface area contributed by atoms with E-state index < -0.39 is 0 Å². The van der Waals surface area contributed by atoms with E-state index >= 15 is 0 Å². The number of aryl methyl sites for hydroxylation is 1. The second-order valence-electron chi connectivity index (χ2n) is 5.62. The van der Waals surface area contributed by atoms with Gasteiger partial charge in [0, 0.05) is 12.0 Å². The molecule has 2 rings (SSSR count). The number of hydrogen-bond donors (Lipinski definition) is 1. The van der Waals surface area contributed by atoms with Gasteiger partial charge >= 0.3 is 0 Å². The van der Waals surface area contributed by atoms with Crippen LogP contribution in [0.15, 0.2) is 28.7 Å². The molecule has 3 heteroatoms. The van der Waals surface area contributed by atoms with Crippen molar-refractivity contribution in [3.63, 3.8) is 0 Å². The maximum absolute atomic E-state index is 6.01. The smallest absolute Gasteiger partial charge is 0.134 e. The van der Waals surface area contributed by atoms with Crippen LogP contribution in [0.2, 0.25) is 0 Å². The third kappa shape index (κ3) is 3.05. The van der Waals surface area contributed by atoms with Gasteiger partial charge in [-0.2, -0.15) is 0 Å². The molecule has 0 saturated carbocycles. The van der Waals surface area contributed by atoms with Gasteiger partial charge < -0.3 is 14.5 Å². The molecule has 1 N–H and O–H groups in total. The first kappa shape index (κ1) is 15.1. The number of likely N-dealkylation sites (N-methyl/N-ethyl adjacent to an activating group) is 1. The maximum Gasteiger partial charge on any atom is 0.134 e. The summed E-state index contributed by atoms with van der Waals surface area (Å²) in [6.45, 7) is 9.19. The minimum atomic E-state index is 0.0719. The van der Waals surface area contributed by atoms with Gasteiger partial charge in [0.1, 0.15) is 11.3 Å². The van der Waals surface area contributed by atoms with E-state index in [1.165, 1.54) is 5.56 Å². The predicted octanol–water partition coefficient (Wildman–Crippen LogP) is 4.06. The Morgan fingerprint density at radius 1 is 1.25 bits per heavy atom. The molecule has 0 amide bonds. The summed E-state index contributed by atoms with van der Waals surface area (Å²) in [5, 5.41) is 4.49. The molecule has 0 aliphatic heterocycles. The Bertz CT molecular complexity index is 559. The van der Waals surface area contributed by atoms with Crippen molar-refractivity contribution >= 4 is 11.0 Å². The van der Waals surface area contributed by atoms with Gasteiger partial charge in [-0.15, -0.1) is 0 Å². The van der Waals surface area contributed by atoms with E-state index in [0.717, 1.165) is 16.7 Å². The average Bonchev–Trinajstić information content (AvgIpc) is 2.81. The number of benzene rings is 1. The molecule has 0 spiro atoms. The molecule has 2 aromatic rings. The highest BCUT2D eigenvalue weighted by atomic mass is 16.5. The largest absolute Gasteiger partial charge is 0.459 e. The lowest BCUT2D eigenvalue weighted by atomic mass is 9.97. The van der Waals surface area contributed by atoms with Gasteiger partial charge in [-0.05, 0) is 45.0 Å². The zero-order valence-electron chi connectivity index (χ0n) is 13.1. The third-order valence-corrected chi connectivity index (χ3v) is 3.65. The summed E-state index contributed by atoms with van der Waals surface area (Å²) in [7, 11) is 1.96. The molecule has 0 bridgehead atoms. The Labute approximate surface area is 121 Å². The topological polar surface area (TPSA) is 34.4 Å². The molecule has 2 atom stereocenters. The van der Waals surface area contributed by atoms with Crippen molar-refractivity contribution in [1.82, 2.24) is 5.32 Å². The number of nitrogens with one attached hydrogen (secondary N) is 1. The van der Waals surface area contributed by atoms with Gasteiger partial charge in [0.15, 0.2) is 0 Å². The first-order valence-electron chi connectivity index (χ1n) is 7.35. The highest BCUT2D eigenvalue weighted by molar-refractivity contribution is 5.78. The number of fused-ring (bicyclic) bond motifs is 1. The van der Waals surface area contributed by atoms with E-state index in [1.807, 2.05) is 20.0 Å². The van der Waals surface area contributed by atoms with E-state index in [9.17, 15) is 0 Å². The molecule has 0 radical (unpaired) electrons. The fraction of sp³-hybridized carbons (Fsp3) is 0.529. The van der Waals surface area contributed by atoms with Crippen LogP contribution in [-0.4, -0.2) is 19.8 Å². The lowest BCUT2D eigenvalue weighted by molar-refractivity contribution is -0.00000151. The van der Waals surface area contributed by atoms with Crippen molar-refractivity contribution < 1.29 is 9.15 Å². The average molecular weight is 275 g/mol. The summed E-state index contributed by atoms with van der Waals surface area (Å²) in [5.41, 5.74) is 2.18. The Kier molecular flexibility index (Phi) is 4.84. The molecule has 0 fully saturated rings. The molecular formula is C17H25NO2. The Morgan fingerprint density at radius 3 is 2.60 bits per heavy atom. The summed E-state index contributed by atoms with van der Waals surface area (Å²) in [6.07, 6.45) is 0.103. The van der Waals surface area contributed by atoms with Crippen molar-refractivity contribution in [3.8, 4) is 0 Å². The highest BCUT2D eigenvalue weighted by Gasteiger charge is 2.28. The highest BCUT2D eigenvalue weighted by Crippen LogP contribution is 2.30. The molecule has 2 unspecified atom stereocenters. The van der Waals surface area contributed by atoms with Gasteiger partial charge in [0.05, 0.1) is 12.1 Å². The van der Waals surface area contributed by atoms with Crippen molar-refractivity contribution in [2.45, 2.75) is 39.8 Å². The predicted molar refractivity (Wildman–Crippen MR) is 83.0 cm³/mol. The molecule has 0 aliphatic rings. The molecule has 0 aliphatic carbocycles. The molecule has 1 aromatic heterocycles. The fourth-order valence-electron chi connectivity index (χ4n) is 2.67. The Morgan fingerprint density at radius 2 is 2.00 bits per heavy atom. The standard InChI is InChI=1S/C17H25NO2/c1-6-19-17(11(2)3)16(18-5)15-10-13-9-12(4)7-8-14(13)20-15/h7-11,16-18H,6H2,1-5H3. The van der Waals surface area contributed by atoms with Crippen LogP contribution < -0.4 is 5.32 Å². The van der Waals surface area contributed by atoms with E-state index in [0.29, 0.717) is 12.5 Å². The molecular weight excluding hydrogens is 250 g/mol. The van der Waals surface area contributed by atoms with Crippen molar-refractivity contribution in [3.05, 3.63) is 35.6 Å². The SMILES string of the molecule is CCOC(C(C)C)C(NC)c1cc2cc(C)ccc2o1. The van der Waals surface area contributed by atoms with Gasteiger partial charge in [-0.3, -0.25) is 0 Å². The van der Waals surface area contributed by atoms with Crippen LogP contribution in [0.3, 0.4) is 0 Å². The number of hydrogen-bond acceptors (Lipinski definition) is 3. The fourth-order valence-corrected chi connectivity index (χ4v) is 2.67. The van der Waals surface area contributed by atoms with Gasteiger partial charge in [-0.25, -0.2) is 0 Å². The second-order valence-corrected chi connectivity index (χ2v) is 5.62. The normalized spacial score (nSPS) is 14.9. The van der Waals surface area contributed by atoms with Gasteiger partial charge in [0.2, 0.25) is 0 Å². The minimum absolute atomic E-state index is 0.0719. The summed E-state index contributed by atoms with van der Waals surface area (Å²) < 4.78 is 11.9. The van der Waals surface area contributed by atoms with Crippen LogP contribution in [0.4, 0.5) is 0 Å². The molecule has 0 saturated heterocycles.